The van der Waals surface area contributed by atoms with E-state index in [9.17, 15) is 0 Å². The van der Waals surface area contributed by atoms with Crippen LogP contribution < -0.4 is 5.32 Å². The summed E-state index contributed by atoms with van der Waals surface area (Å²) in [5.74, 6) is 0.875. The quantitative estimate of drug-likeness (QED) is 0.871. The number of aryl methyl sites for hydroxylation is 2. The second-order valence-electron chi connectivity index (χ2n) is 5.73. The minimum Gasteiger partial charge on any atom is -0.315 e. The van der Waals surface area contributed by atoms with E-state index in [1.54, 1.807) is 0 Å². The molecular weight excluding hydrogens is 224 g/mol. The fraction of sp³-hybridized carbons (Fsp3) is 0.786. The Morgan fingerprint density at radius 2 is 2.33 bits per heavy atom. The van der Waals surface area contributed by atoms with Gasteiger partial charge in [-0.3, -0.25) is 9.58 Å². The lowest BCUT2D eigenvalue weighted by molar-refractivity contribution is 0.117. The average molecular weight is 248 g/mol. The number of hydrogen-bond acceptors (Lipinski definition) is 3. The monoisotopic (exact) mass is 248 g/mol. The van der Waals surface area contributed by atoms with Gasteiger partial charge in [-0.25, -0.2) is 0 Å². The summed E-state index contributed by atoms with van der Waals surface area (Å²) in [4.78, 5) is 2.67. The maximum atomic E-state index is 4.55. The zero-order valence-electron chi connectivity index (χ0n) is 11.5. The zero-order chi connectivity index (χ0) is 12.5. The first-order chi connectivity index (χ1) is 8.78. The molecule has 2 saturated heterocycles. The summed E-state index contributed by atoms with van der Waals surface area (Å²) in [7, 11) is 2.03. The van der Waals surface area contributed by atoms with Gasteiger partial charge in [0.2, 0.25) is 0 Å². The van der Waals surface area contributed by atoms with Crippen LogP contribution in [-0.2, 0) is 20.0 Å². The van der Waals surface area contributed by atoms with E-state index >= 15 is 0 Å². The van der Waals surface area contributed by atoms with Crippen LogP contribution in [-0.4, -0.2) is 40.4 Å². The molecule has 1 aromatic heterocycles. The fourth-order valence-corrected chi connectivity index (χ4v) is 3.59. The van der Waals surface area contributed by atoms with Crippen LogP contribution in [0.5, 0.6) is 0 Å². The molecule has 0 aliphatic carbocycles. The molecule has 0 aromatic carbocycles. The van der Waals surface area contributed by atoms with E-state index in [4.69, 9.17) is 0 Å². The van der Waals surface area contributed by atoms with Gasteiger partial charge in [-0.05, 0) is 38.3 Å². The van der Waals surface area contributed by atoms with Crippen LogP contribution in [0.25, 0.3) is 0 Å². The SMILES string of the molecule is CCc1nn(C)cc1CN1CCCC2CNCC21. The molecular formula is C14H24N4. The third-order valence-corrected chi connectivity index (χ3v) is 4.49. The highest BCUT2D eigenvalue weighted by Crippen LogP contribution is 2.28. The first-order valence-electron chi connectivity index (χ1n) is 7.24. The molecule has 3 rings (SSSR count). The second-order valence-corrected chi connectivity index (χ2v) is 5.73. The van der Waals surface area contributed by atoms with Crippen molar-refractivity contribution < 1.29 is 0 Å². The number of nitrogens with one attached hydrogen (secondary N) is 1. The third-order valence-electron chi connectivity index (χ3n) is 4.49. The maximum Gasteiger partial charge on any atom is 0.0666 e. The predicted molar refractivity (Wildman–Crippen MR) is 72.4 cm³/mol. The molecule has 100 valence electrons. The first kappa shape index (κ1) is 12.2. The van der Waals surface area contributed by atoms with Gasteiger partial charge in [-0.2, -0.15) is 5.10 Å². The molecule has 4 nitrogen and oxygen atoms in total. The van der Waals surface area contributed by atoms with Gasteiger partial charge in [0, 0.05) is 37.9 Å². The lowest BCUT2D eigenvalue weighted by atomic mass is 9.91. The van der Waals surface area contributed by atoms with Crippen LogP contribution >= 0.6 is 0 Å². The Bertz CT molecular complexity index is 412. The Hall–Kier alpha value is -0.870. The van der Waals surface area contributed by atoms with Crippen LogP contribution in [0, 0.1) is 5.92 Å². The summed E-state index contributed by atoms with van der Waals surface area (Å²) in [5.41, 5.74) is 2.69. The fourth-order valence-electron chi connectivity index (χ4n) is 3.59. The van der Waals surface area contributed by atoms with Crippen molar-refractivity contribution in [3.8, 4) is 0 Å². The van der Waals surface area contributed by atoms with Crippen molar-refractivity contribution in [2.24, 2.45) is 13.0 Å². The highest BCUT2D eigenvalue weighted by Gasteiger charge is 2.35. The second kappa shape index (κ2) is 5.02. The summed E-state index contributed by atoms with van der Waals surface area (Å²) in [6, 6.07) is 0.753. The van der Waals surface area contributed by atoms with E-state index in [1.807, 2.05) is 11.7 Å². The van der Waals surface area contributed by atoms with Crippen LogP contribution in [0.1, 0.15) is 31.0 Å². The smallest absolute Gasteiger partial charge is 0.0666 e. The number of aromatic nitrogens is 2. The lowest BCUT2D eigenvalue weighted by Crippen LogP contribution is -2.44. The van der Waals surface area contributed by atoms with Crippen LogP contribution in [0.3, 0.4) is 0 Å². The molecule has 2 fully saturated rings. The Kier molecular flexibility index (Phi) is 3.39. The highest BCUT2D eigenvalue weighted by molar-refractivity contribution is 5.17. The first-order valence-corrected chi connectivity index (χ1v) is 7.24. The molecule has 0 amide bonds. The lowest BCUT2D eigenvalue weighted by Gasteiger charge is -2.36. The predicted octanol–water partition coefficient (Wildman–Crippen LogP) is 1.17. The topological polar surface area (TPSA) is 33.1 Å². The number of fused-ring (bicyclic) bond motifs is 1. The van der Waals surface area contributed by atoms with Crippen LogP contribution in [0.2, 0.25) is 0 Å². The van der Waals surface area contributed by atoms with Gasteiger partial charge in [-0.15, -0.1) is 0 Å². The number of likely N-dealkylation sites (tertiary alicyclic amines) is 1. The summed E-state index contributed by atoms with van der Waals surface area (Å²) in [5, 5.41) is 8.11. The summed E-state index contributed by atoms with van der Waals surface area (Å²) >= 11 is 0. The molecule has 0 saturated carbocycles. The molecule has 2 aliphatic heterocycles. The molecule has 0 bridgehead atoms. The number of rotatable bonds is 3. The van der Waals surface area contributed by atoms with E-state index in [0.29, 0.717) is 0 Å². The van der Waals surface area contributed by atoms with Gasteiger partial charge < -0.3 is 5.32 Å². The van der Waals surface area contributed by atoms with Crippen molar-refractivity contribution in [3.05, 3.63) is 17.5 Å². The van der Waals surface area contributed by atoms with Crippen molar-refractivity contribution >= 4 is 0 Å². The standard InChI is InChI=1S/C14H24N4/c1-3-13-12(9-17(2)16-13)10-18-6-4-5-11-7-15-8-14(11)18/h9,11,14-15H,3-8,10H2,1-2H3. The van der Waals surface area contributed by atoms with Gasteiger partial charge in [0.25, 0.3) is 0 Å². The molecule has 4 heteroatoms. The minimum absolute atomic E-state index is 0.753. The van der Waals surface area contributed by atoms with Gasteiger partial charge in [0.15, 0.2) is 0 Å². The molecule has 2 atom stereocenters. The van der Waals surface area contributed by atoms with Gasteiger partial charge in [0.05, 0.1) is 5.69 Å². The van der Waals surface area contributed by atoms with E-state index in [1.165, 1.54) is 43.7 Å². The largest absolute Gasteiger partial charge is 0.315 e. The van der Waals surface area contributed by atoms with Crippen molar-refractivity contribution in [2.45, 2.75) is 38.8 Å². The average Bonchev–Trinajstić information content (AvgIpc) is 2.96. The zero-order valence-corrected chi connectivity index (χ0v) is 11.5. The number of hydrogen-bond donors (Lipinski definition) is 1. The van der Waals surface area contributed by atoms with Gasteiger partial charge >= 0.3 is 0 Å². The number of nitrogens with zero attached hydrogens (tertiary/aromatic N) is 3. The molecule has 1 aromatic rings. The molecule has 18 heavy (non-hydrogen) atoms. The Balaban J connectivity index is 1.74. The van der Waals surface area contributed by atoms with E-state index in [0.717, 1.165) is 24.9 Å². The van der Waals surface area contributed by atoms with E-state index in [-0.39, 0.29) is 0 Å². The molecule has 0 spiro atoms. The van der Waals surface area contributed by atoms with Crippen molar-refractivity contribution in [3.63, 3.8) is 0 Å². The van der Waals surface area contributed by atoms with E-state index < -0.39 is 0 Å². The Morgan fingerprint density at radius 3 is 3.17 bits per heavy atom. The van der Waals surface area contributed by atoms with Gasteiger partial charge in [-0.1, -0.05) is 6.92 Å². The van der Waals surface area contributed by atoms with Crippen LogP contribution in [0.15, 0.2) is 6.20 Å². The minimum atomic E-state index is 0.753. The highest BCUT2D eigenvalue weighted by atomic mass is 15.3. The van der Waals surface area contributed by atoms with Gasteiger partial charge in [0.1, 0.15) is 0 Å². The van der Waals surface area contributed by atoms with Crippen molar-refractivity contribution in [1.82, 2.24) is 20.0 Å². The Morgan fingerprint density at radius 1 is 1.44 bits per heavy atom. The van der Waals surface area contributed by atoms with Crippen molar-refractivity contribution in [1.29, 1.82) is 0 Å². The molecule has 1 N–H and O–H groups in total. The summed E-state index contributed by atoms with van der Waals surface area (Å²) in [6.07, 6.45) is 5.99. The molecule has 3 heterocycles. The number of piperidine rings is 1. The molecule has 2 unspecified atom stereocenters. The summed E-state index contributed by atoms with van der Waals surface area (Å²) in [6.45, 7) is 6.92. The molecule has 0 radical (unpaired) electrons. The third kappa shape index (κ3) is 2.19. The molecule has 2 aliphatic rings. The van der Waals surface area contributed by atoms with Crippen LogP contribution in [0.4, 0.5) is 0 Å². The normalized spacial score (nSPS) is 28.6. The van der Waals surface area contributed by atoms with Crippen molar-refractivity contribution in [2.75, 3.05) is 19.6 Å². The Labute approximate surface area is 109 Å². The maximum absolute atomic E-state index is 4.55. The van der Waals surface area contributed by atoms with E-state index in [2.05, 4.69) is 28.4 Å². The summed E-state index contributed by atoms with van der Waals surface area (Å²) < 4.78 is 1.96.